The predicted molar refractivity (Wildman–Crippen MR) is 123 cm³/mol. The van der Waals surface area contributed by atoms with Crippen LogP contribution < -0.4 is 10.7 Å². The lowest BCUT2D eigenvalue weighted by atomic mass is 10.0. The van der Waals surface area contributed by atoms with Gasteiger partial charge in [-0.15, -0.1) is 12.4 Å². The van der Waals surface area contributed by atoms with Gasteiger partial charge in [0.15, 0.2) is 11.2 Å². The van der Waals surface area contributed by atoms with E-state index in [2.05, 4.69) is 22.3 Å². The fourth-order valence-corrected chi connectivity index (χ4v) is 4.02. The Morgan fingerprint density at radius 1 is 1.10 bits per heavy atom. The first-order chi connectivity index (χ1) is 14.5. The Balaban J connectivity index is 0.00000272. The summed E-state index contributed by atoms with van der Waals surface area (Å²) in [4.78, 5) is 27.7. The van der Waals surface area contributed by atoms with Gasteiger partial charge in [0.25, 0.3) is 5.91 Å². The molecule has 164 valence electrons. The molecule has 1 aliphatic heterocycles. The van der Waals surface area contributed by atoms with E-state index in [9.17, 15) is 9.59 Å². The van der Waals surface area contributed by atoms with Crippen LogP contribution in [0, 0.1) is 13.8 Å². The number of fused-ring (bicyclic) bond motifs is 1. The van der Waals surface area contributed by atoms with E-state index >= 15 is 0 Å². The van der Waals surface area contributed by atoms with Gasteiger partial charge >= 0.3 is 0 Å². The van der Waals surface area contributed by atoms with Gasteiger partial charge in [0.05, 0.1) is 24.6 Å². The van der Waals surface area contributed by atoms with Gasteiger partial charge in [-0.25, -0.2) is 0 Å². The number of amides is 1. The number of morpholine rings is 1. The number of rotatable bonds is 5. The molecule has 1 amide bonds. The van der Waals surface area contributed by atoms with Crippen LogP contribution in [0.5, 0.6) is 0 Å². The van der Waals surface area contributed by atoms with E-state index in [0.717, 1.165) is 29.8 Å². The molecular formula is C24H27ClN2O4. The lowest BCUT2D eigenvalue weighted by Crippen LogP contribution is -2.43. The molecule has 1 aromatic heterocycles. The SMILES string of the molecule is Cc1cc(C)c2oc(C(=O)NCC(c3ccccc3)N3CCOCC3)cc(=O)c2c1.Cl. The molecule has 1 atom stereocenters. The van der Waals surface area contributed by atoms with Crippen molar-refractivity contribution in [3.05, 3.63) is 81.2 Å². The lowest BCUT2D eigenvalue weighted by Gasteiger charge is -2.34. The third-order valence-corrected chi connectivity index (χ3v) is 5.51. The summed E-state index contributed by atoms with van der Waals surface area (Å²) in [5, 5.41) is 3.46. The van der Waals surface area contributed by atoms with Crippen molar-refractivity contribution >= 4 is 29.3 Å². The monoisotopic (exact) mass is 442 g/mol. The van der Waals surface area contributed by atoms with Crippen molar-refractivity contribution in [1.29, 1.82) is 0 Å². The topological polar surface area (TPSA) is 71.8 Å². The van der Waals surface area contributed by atoms with Crippen molar-refractivity contribution in [3.63, 3.8) is 0 Å². The van der Waals surface area contributed by atoms with Gasteiger partial charge < -0.3 is 14.5 Å². The van der Waals surface area contributed by atoms with Crippen LogP contribution in [0.3, 0.4) is 0 Å². The van der Waals surface area contributed by atoms with Crippen molar-refractivity contribution in [3.8, 4) is 0 Å². The van der Waals surface area contributed by atoms with Crippen LogP contribution in [0.25, 0.3) is 11.0 Å². The van der Waals surface area contributed by atoms with Crippen LogP contribution >= 0.6 is 12.4 Å². The number of ether oxygens (including phenoxy) is 1. The third-order valence-electron chi connectivity index (χ3n) is 5.51. The smallest absolute Gasteiger partial charge is 0.287 e. The average Bonchev–Trinajstić information content (AvgIpc) is 2.76. The fourth-order valence-electron chi connectivity index (χ4n) is 4.02. The molecule has 3 aromatic rings. The van der Waals surface area contributed by atoms with E-state index in [1.54, 1.807) is 6.07 Å². The van der Waals surface area contributed by atoms with Crippen LogP contribution in [-0.4, -0.2) is 43.7 Å². The normalized spacial score (nSPS) is 15.3. The minimum atomic E-state index is -0.386. The molecular weight excluding hydrogens is 416 g/mol. The second-order valence-corrected chi connectivity index (χ2v) is 7.72. The zero-order valence-corrected chi connectivity index (χ0v) is 18.5. The Kier molecular flexibility index (Phi) is 7.49. The van der Waals surface area contributed by atoms with Crippen LogP contribution in [0.15, 0.2) is 57.7 Å². The molecule has 0 radical (unpaired) electrons. The summed E-state index contributed by atoms with van der Waals surface area (Å²) in [7, 11) is 0. The van der Waals surface area contributed by atoms with Gasteiger partial charge in [-0.2, -0.15) is 0 Å². The number of carbonyl (C=O) groups excluding carboxylic acids is 1. The van der Waals surface area contributed by atoms with Crippen molar-refractivity contribution in [2.45, 2.75) is 19.9 Å². The molecule has 0 bridgehead atoms. The number of hydrogen-bond donors (Lipinski definition) is 1. The van der Waals surface area contributed by atoms with Crippen molar-refractivity contribution in [2.24, 2.45) is 0 Å². The summed E-state index contributed by atoms with van der Waals surface area (Å²) >= 11 is 0. The lowest BCUT2D eigenvalue weighted by molar-refractivity contribution is 0.0161. The molecule has 2 heterocycles. The summed E-state index contributed by atoms with van der Waals surface area (Å²) in [6, 6.07) is 15.1. The number of aryl methyl sites for hydroxylation is 2. The van der Waals surface area contributed by atoms with E-state index in [0.29, 0.717) is 30.7 Å². The summed E-state index contributed by atoms with van der Waals surface area (Å²) in [6.45, 7) is 7.19. The van der Waals surface area contributed by atoms with Gasteiger partial charge in [-0.05, 0) is 36.6 Å². The van der Waals surface area contributed by atoms with Crippen LogP contribution in [-0.2, 0) is 4.74 Å². The number of nitrogens with one attached hydrogen (secondary N) is 1. The molecule has 4 rings (SSSR count). The minimum absolute atomic E-state index is 0. The highest BCUT2D eigenvalue weighted by Gasteiger charge is 2.24. The maximum atomic E-state index is 12.9. The molecule has 2 aromatic carbocycles. The number of benzene rings is 2. The largest absolute Gasteiger partial charge is 0.450 e. The summed E-state index contributed by atoms with van der Waals surface area (Å²) in [6.07, 6.45) is 0. The molecule has 1 saturated heterocycles. The Bertz CT molecular complexity index is 1110. The quantitative estimate of drug-likeness (QED) is 0.653. The molecule has 31 heavy (non-hydrogen) atoms. The van der Waals surface area contributed by atoms with E-state index in [1.807, 2.05) is 38.1 Å². The summed E-state index contributed by atoms with van der Waals surface area (Å²) in [5.41, 5.74) is 3.21. The highest BCUT2D eigenvalue weighted by molar-refractivity contribution is 5.93. The van der Waals surface area contributed by atoms with Gasteiger partial charge in [0.2, 0.25) is 0 Å². The summed E-state index contributed by atoms with van der Waals surface area (Å²) < 4.78 is 11.3. The van der Waals surface area contributed by atoms with Gasteiger partial charge in [0.1, 0.15) is 5.58 Å². The van der Waals surface area contributed by atoms with E-state index in [1.165, 1.54) is 6.07 Å². The van der Waals surface area contributed by atoms with E-state index in [4.69, 9.17) is 9.15 Å². The Morgan fingerprint density at radius 3 is 2.52 bits per heavy atom. The molecule has 1 fully saturated rings. The number of carbonyl (C=O) groups is 1. The molecule has 6 nitrogen and oxygen atoms in total. The molecule has 1 aliphatic rings. The zero-order chi connectivity index (χ0) is 21.1. The zero-order valence-electron chi connectivity index (χ0n) is 17.7. The standard InChI is InChI=1S/C24H26N2O4.ClH/c1-16-12-17(2)23-19(13-16)21(27)14-22(30-23)24(28)25-15-20(18-6-4-3-5-7-18)26-8-10-29-11-9-26;/h3-7,12-14,20H,8-11,15H2,1-2H3,(H,25,28);1H. The maximum Gasteiger partial charge on any atom is 0.287 e. The maximum absolute atomic E-state index is 12.9. The molecule has 0 aliphatic carbocycles. The third kappa shape index (κ3) is 5.15. The first-order valence-electron chi connectivity index (χ1n) is 10.2. The summed E-state index contributed by atoms with van der Waals surface area (Å²) in [5.74, 6) is -0.351. The number of hydrogen-bond acceptors (Lipinski definition) is 5. The van der Waals surface area contributed by atoms with E-state index < -0.39 is 0 Å². The number of nitrogens with zero attached hydrogens (tertiary/aromatic N) is 1. The molecule has 0 spiro atoms. The first kappa shape index (κ1) is 23.0. The van der Waals surface area contributed by atoms with Crippen LogP contribution in [0.1, 0.15) is 33.3 Å². The highest BCUT2D eigenvalue weighted by atomic mass is 35.5. The fraction of sp³-hybridized carbons (Fsp3) is 0.333. The molecule has 0 saturated carbocycles. The van der Waals surface area contributed by atoms with Crippen molar-refractivity contribution in [1.82, 2.24) is 10.2 Å². The first-order valence-corrected chi connectivity index (χ1v) is 10.2. The number of halogens is 1. The Hall–Kier alpha value is -2.67. The van der Waals surface area contributed by atoms with Crippen LogP contribution in [0.2, 0.25) is 0 Å². The van der Waals surface area contributed by atoms with Crippen molar-refractivity contribution < 1.29 is 13.9 Å². The van der Waals surface area contributed by atoms with Crippen LogP contribution in [0.4, 0.5) is 0 Å². The Morgan fingerprint density at radius 2 is 1.81 bits per heavy atom. The molecule has 7 heteroatoms. The highest BCUT2D eigenvalue weighted by Crippen LogP contribution is 2.22. The minimum Gasteiger partial charge on any atom is -0.450 e. The predicted octanol–water partition coefficient (Wildman–Crippen LogP) is 3.63. The average molecular weight is 443 g/mol. The van der Waals surface area contributed by atoms with E-state index in [-0.39, 0.29) is 35.5 Å². The van der Waals surface area contributed by atoms with Gasteiger partial charge in [0, 0.05) is 25.7 Å². The molecule has 1 N–H and O–H groups in total. The Labute approximate surface area is 187 Å². The van der Waals surface area contributed by atoms with Gasteiger partial charge in [-0.1, -0.05) is 36.4 Å². The second kappa shape index (κ2) is 10.1. The van der Waals surface area contributed by atoms with Crippen molar-refractivity contribution in [2.75, 3.05) is 32.8 Å². The second-order valence-electron chi connectivity index (χ2n) is 7.72. The molecule has 1 unspecified atom stereocenters. The van der Waals surface area contributed by atoms with Gasteiger partial charge in [-0.3, -0.25) is 14.5 Å².